The number of phenols is 2. The highest BCUT2D eigenvalue weighted by Crippen LogP contribution is 2.37. The molecule has 0 aliphatic carbocycles. The Kier molecular flexibility index (Phi) is 5.85. The van der Waals surface area contributed by atoms with Gasteiger partial charge in [-0.25, -0.2) is 0 Å². The van der Waals surface area contributed by atoms with Gasteiger partial charge in [-0.05, 0) is 32.9 Å². The smallest absolute Gasteiger partial charge is 0.163 e. The van der Waals surface area contributed by atoms with Crippen LogP contribution in [0.5, 0.6) is 11.5 Å². The Bertz CT molecular complexity index is 1040. The molecule has 0 radical (unpaired) electrons. The molecule has 0 aliphatic heterocycles. The first-order valence-electron chi connectivity index (χ1n) is 8.88. The number of nitrogens with zero attached hydrogens (tertiary/aromatic N) is 1. The summed E-state index contributed by atoms with van der Waals surface area (Å²) in [5, 5.41) is 25.6. The maximum atomic E-state index is 11.9. The highest BCUT2D eigenvalue weighted by Gasteiger charge is 2.19. The molecule has 6 nitrogen and oxygen atoms in total. The molecule has 148 valence electrons. The molecule has 1 aromatic heterocycles. The van der Waals surface area contributed by atoms with E-state index in [1.54, 1.807) is 24.3 Å². The number of halogens is 1. The molecule has 7 heteroatoms. The third-order valence-electron chi connectivity index (χ3n) is 4.85. The maximum absolute atomic E-state index is 11.9. The highest BCUT2D eigenvalue weighted by atomic mass is 127. The van der Waals surface area contributed by atoms with Crippen molar-refractivity contribution in [1.29, 1.82) is 0 Å². The van der Waals surface area contributed by atoms with Crippen LogP contribution >= 0.6 is 20.7 Å². The van der Waals surface area contributed by atoms with Crippen LogP contribution < -0.4 is 5.32 Å². The molecule has 0 amide bonds. The second-order valence-electron chi connectivity index (χ2n) is 6.76. The van der Waals surface area contributed by atoms with Gasteiger partial charge >= 0.3 is 0 Å². The van der Waals surface area contributed by atoms with Gasteiger partial charge in [-0.1, -0.05) is 4.51 Å². The molecule has 0 spiro atoms. The van der Waals surface area contributed by atoms with Gasteiger partial charge in [-0.2, -0.15) is 0 Å². The molecule has 1 unspecified atom stereocenters. The average Bonchev–Trinajstić information content (AvgIpc) is 2.91. The first-order chi connectivity index (χ1) is 13.2. The second-order valence-corrected chi connectivity index (χ2v) is 9.51. The van der Waals surface area contributed by atoms with Gasteiger partial charge in [0, 0.05) is 36.0 Å². The van der Waals surface area contributed by atoms with Gasteiger partial charge in [0.15, 0.2) is 11.6 Å². The molecule has 2 aromatic carbocycles. The third kappa shape index (κ3) is 3.68. The second kappa shape index (κ2) is 8.00. The van der Waals surface area contributed by atoms with E-state index in [2.05, 4.69) is 16.8 Å². The molecule has 0 fully saturated rings. The summed E-state index contributed by atoms with van der Waals surface area (Å²) in [4.78, 5) is 23.8. The maximum Gasteiger partial charge on any atom is 0.163 e. The van der Waals surface area contributed by atoms with Gasteiger partial charge < -0.3 is 20.1 Å². The van der Waals surface area contributed by atoms with E-state index in [4.69, 9.17) is 0 Å². The highest BCUT2D eigenvalue weighted by molar-refractivity contribution is 14.2. The van der Waals surface area contributed by atoms with Gasteiger partial charge in [0.1, 0.15) is 11.5 Å². The molecular formula is C21H23IN2O4. The van der Waals surface area contributed by atoms with Crippen molar-refractivity contribution in [1.82, 2.24) is 9.88 Å². The summed E-state index contributed by atoms with van der Waals surface area (Å²) in [6, 6.07) is 6.47. The lowest BCUT2D eigenvalue weighted by Crippen LogP contribution is -2.25. The molecule has 3 N–H and O–H groups in total. The fourth-order valence-corrected chi connectivity index (χ4v) is 4.02. The van der Waals surface area contributed by atoms with E-state index in [1.165, 1.54) is 13.8 Å². The van der Waals surface area contributed by atoms with Gasteiger partial charge in [0.05, 0.1) is 26.2 Å². The minimum absolute atomic E-state index is 0.0787. The monoisotopic (exact) mass is 494 g/mol. The summed E-state index contributed by atoms with van der Waals surface area (Å²) in [5.41, 5.74) is 1.96. The lowest BCUT2D eigenvalue weighted by molar-refractivity contribution is 0.100. The van der Waals surface area contributed by atoms with E-state index in [9.17, 15) is 19.8 Å². The normalized spacial score (nSPS) is 12.5. The number of alkyl halides is 1. The standard InChI is InChI=1S/C21H23IN2O4/c1-11(25)14-7-16-17-8-15(12(2)26)21(28)10-19(17)24(18(16)9-20(14)27)6-5-23-13(3)22-4/h7-10,13,23,27-28H,4-6H2,1-3H3. The average molecular weight is 494 g/mol. The Morgan fingerprint density at radius 3 is 1.89 bits per heavy atom. The molecule has 0 bridgehead atoms. The van der Waals surface area contributed by atoms with Crippen LogP contribution in [-0.4, -0.2) is 41.5 Å². The largest absolute Gasteiger partial charge is 0.507 e. The topological polar surface area (TPSA) is 91.6 Å². The number of fused-ring (bicyclic) bond motifs is 3. The van der Waals surface area contributed by atoms with E-state index in [0.717, 1.165) is 21.8 Å². The van der Waals surface area contributed by atoms with Crippen molar-refractivity contribution in [3.05, 3.63) is 35.4 Å². The molecule has 3 aromatic rings. The molecule has 1 atom stereocenters. The first-order valence-corrected chi connectivity index (χ1v) is 11.7. The van der Waals surface area contributed by atoms with Crippen LogP contribution in [-0.2, 0) is 6.54 Å². The summed E-state index contributed by atoms with van der Waals surface area (Å²) < 4.78 is 6.35. The zero-order valence-corrected chi connectivity index (χ0v) is 18.2. The van der Waals surface area contributed by atoms with Gasteiger partial charge in [-0.3, -0.25) is 9.59 Å². The van der Waals surface area contributed by atoms with Crippen molar-refractivity contribution in [3.8, 4) is 11.5 Å². The van der Waals surface area contributed by atoms with E-state index in [1.807, 2.05) is 4.57 Å². The van der Waals surface area contributed by atoms with Crippen molar-refractivity contribution in [2.24, 2.45) is 0 Å². The Hall–Kier alpha value is -2.26. The quantitative estimate of drug-likeness (QED) is 0.200. The fourth-order valence-electron chi connectivity index (χ4n) is 3.40. The van der Waals surface area contributed by atoms with Crippen LogP contribution in [0.4, 0.5) is 0 Å². The summed E-state index contributed by atoms with van der Waals surface area (Å²) in [6.45, 7) is 6.20. The number of aromatic nitrogens is 1. The number of phenolic OH excluding ortho intramolecular Hbond substituents is 2. The third-order valence-corrected chi connectivity index (χ3v) is 6.61. The summed E-state index contributed by atoms with van der Waals surface area (Å²) in [7, 11) is 0. The summed E-state index contributed by atoms with van der Waals surface area (Å²) in [5.74, 6) is -0.628. The Balaban J connectivity index is 2.27. The van der Waals surface area contributed by atoms with Crippen molar-refractivity contribution < 1.29 is 19.8 Å². The lowest BCUT2D eigenvalue weighted by atomic mass is 10.0. The zero-order chi connectivity index (χ0) is 20.6. The predicted octanol–water partition coefficient (Wildman–Crippen LogP) is 3.95. The predicted molar refractivity (Wildman–Crippen MR) is 121 cm³/mol. The molecule has 0 saturated heterocycles. The number of carbonyl (C=O) groups is 2. The molecule has 0 aliphatic rings. The number of rotatable bonds is 7. The van der Waals surface area contributed by atoms with Gasteiger partial charge in [0.25, 0.3) is 0 Å². The van der Waals surface area contributed by atoms with E-state index in [-0.39, 0.29) is 54.9 Å². The van der Waals surface area contributed by atoms with Crippen LogP contribution in [0, 0.1) is 0 Å². The minimum atomic E-state index is -0.235. The number of aromatic hydroxyl groups is 2. The van der Waals surface area contributed by atoms with Crippen molar-refractivity contribution in [2.75, 3.05) is 6.54 Å². The summed E-state index contributed by atoms with van der Waals surface area (Å²) in [6.07, 6.45) is 0. The number of benzene rings is 2. The van der Waals surface area contributed by atoms with Crippen LogP contribution in [0.3, 0.4) is 0 Å². The number of nitrogens with one attached hydrogen (secondary N) is 1. The number of Topliss-reactive ketones (excluding diaryl/α,β-unsaturated/α-hetero) is 2. The Morgan fingerprint density at radius 2 is 1.50 bits per heavy atom. The van der Waals surface area contributed by atoms with E-state index >= 15 is 0 Å². The number of carbonyl (C=O) groups excluding carboxylic acids is 2. The van der Waals surface area contributed by atoms with Crippen molar-refractivity contribution in [2.45, 2.75) is 31.4 Å². The van der Waals surface area contributed by atoms with E-state index < -0.39 is 0 Å². The summed E-state index contributed by atoms with van der Waals surface area (Å²) >= 11 is -0.157. The van der Waals surface area contributed by atoms with Gasteiger partial charge in [-0.15, -0.1) is 20.7 Å². The van der Waals surface area contributed by atoms with Gasteiger partial charge in [0.2, 0.25) is 0 Å². The van der Waals surface area contributed by atoms with Crippen LogP contribution in [0.2, 0.25) is 0 Å². The zero-order valence-electron chi connectivity index (χ0n) is 16.0. The fraction of sp³-hybridized carbons (Fsp3) is 0.286. The molecule has 1 heterocycles. The SMILES string of the molecule is C=IC(C)NCCn1c2cc(O)c(C(C)=O)cc2c2cc(C(C)=O)c(O)cc21. The number of hydrogen-bond acceptors (Lipinski definition) is 5. The number of hydrogen-bond donors (Lipinski definition) is 3. The lowest BCUT2D eigenvalue weighted by Gasteiger charge is -2.12. The van der Waals surface area contributed by atoms with Crippen LogP contribution in [0.25, 0.3) is 21.8 Å². The molecule has 28 heavy (non-hydrogen) atoms. The Morgan fingerprint density at radius 1 is 1.04 bits per heavy atom. The molecular weight excluding hydrogens is 471 g/mol. The van der Waals surface area contributed by atoms with Crippen molar-refractivity contribution >= 4 is 58.6 Å². The molecule has 3 rings (SSSR count). The van der Waals surface area contributed by atoms with Crippen LogP contribution in [0.1, 0.15) is 41.5 Å². The first kappa shape index (κ1) is 20.5. The van der Waals surface area contributed by atoms with Crippen molar-refractivity contribution in [3.63, 3.8) is 0 Å². The van der Waals surface area contributed by atoms with E-state index in [0.29, 0.717) is 17.1 Å². The van der Waals surface area contributed by atoms with Crippen LogP contribution in [0.15, 0.2) is 24.3 Å². The minimum Gasteiger partial charge on any atom is -0.507 e. The Labute approximate surface area is 172 Å². The molecule has 0 saturated carbocycles. The number of ketones is 2.